The van der Waals surface area contributed by atoms with Crippen LogP contribution in [0.15, 0.2) is 18.2 Å². The number of ketones is 1. The topological polar surface area (TPSA) is 48.4 Å². The van der Waals surface area contributed by atoms with Gasteiger partial charge >= 0.3 is 0 Å². The lowest BCUT2D eigenvalue weighted by molar-refractivity contribution is 0.101. The number of fused-ring (bicyclic) bond motifs is 1. The maximum absolute atomic E-state index is 11.8. The number of Topliss-reactive ketones (excluding diaryl/α,β-unsaturated/α-hetero) is 1. The van der Waals surface area contributed by atoms with E-state index >= 15 is 0 Å². The van der Waals surface area contributed by atoms with E-state index in [0.29, 0.717) is 28.0 Å². The van der Waals surface area contributed by atoms with E-state index in [1.54, 1.807) is 32.4 Å². The molecular weight excluding hydrogens is 230 g/mol. The highest BCUT2D eigenvalue weighted by atomic mass is 16.5. The van der Waals surface area contributed by atoms with Gasteiger partial charge in [0, 0.05) is 11.3 Å². The maximum Gasteiger partial charge on any atom is 0.160 e. The number of benzene rings is 1. The van der Waals surface area contributed by atoms with E-state index in [1.165, 1.54) is 6.92 Å². The van der Waals surface area contributed by atoms with Crippen LogP contribution in [-0.4, -0.2) is 25.0 Å². The third-order valence-electron chi connectivity index (χ3n) is 2.83. The average molecular weight is 245 g/mol. The summed E-state index contributed by atoms with van der Waals surface area (Å²) in [5, 5.41) is 0.704. The molecule has 0 saturated carbocycles. The summed E-state index contributed by atoms with van der Waals surface area (Å²) in [6.45, 7) is 3.39. The minimum atomic E-state index is -0.0166. The van der Waals surface area contributed by atoms with Gasteiger partial charge in [-0.2, -0.15) is 0 Å². The first-order valence-corrected chi connectivity index (χ1v) is 5.61. The third-order valence-corrected chi connectivity index (χ3v) is 2.83. The molecule has 2 rings (SSSR count). The van der Waals surface area contributed by atoms with Crippen LogP contribution in [0.25, 0.3) is 10.9 Å². The van der Waals surface area contributed by atoms with Crippen LogP contribution in [0.4, 0.5) is 0 Å². The van der Waals surface area contributed by atoms with Crippen LogP contribution in [0.2, 0.25) is 0 Å². The molecule has 0 fully saturated rings. The minimum absolute atomic E-state index is 0.0166. The first-order valence-electron chi connectivity index (χ1n) is 5.61. The fourth-order valence-electron chi connectivity index (χ4n) is 2.03. The number of nitrogens with zero attached hydrogens (tertiary/aromatic N) is 1. The molecular formula is C14H15NO3. The Labute approximate surface area is 106 Å². The summed E-state index contributed by atoms with van der Waals surface area (Å²) in [5.41, 5.74) is 2.04. The first kappa shape index (κ1) is 12.4. The molecule has 0 N–H and O–H groups in total. The summed E-state index contributed by atoms with van der Waals surface area (Å²) < 4.78 is 10.6. The molecule has 0 aliphatic heterocycles. The van der Waals surface area contributed by atoms with Crippen molar-refractivity contribution < 1.29 is 14.3 Å². The van der Waals surface area contributed by atoms with Crippen molar-refractivity contribution in [1.29, 1.82) is 0 Å². The van der Waals surface area contributed by atoms with Gasteiger partial charge in [0.2, 0.25) is 0 Å². The first-order chi connectivity index (χ1) is 8.58. The van der Waals surface area contributed by atoms with Crippen molar-refractivity contribution in [2.24, 2.45) is 0 Å². The van der Waals surface area contributed by atoms with Gasteiger partial charge in [-0.15, -0.1) is 0 Å². The van der Waals surface area contributed by atoms with Crippen LogP contribution in [0.3, 0.4) is 0 Å². The number of carbonyl (C=O) groups excluding carboxylic acids is 1. The zero-order valence-corrected chi connectivity index (χ0v) is 10.9. The summed E-state index contributed by atoms with van der Waals surface area (Å²) in [5.74, 6) is 1.25. The van der Waals surface area contributed by atoms with E-state index in [9.17, 15) is 4.79 Å². The Balaban J connectivity index is 2.96. The molecule has 0 aliphatic carbocycles. The number of rotatable bonds is 3. The molecule has 94 valence electrons. The number of hydrogen-bond acceptors (Lipinski definition) is 4. The minimum Gasteiger partial charge on any atom is -0.496 e. The quantitative estimate of drug-likeness (QED) is 0.780. The summed E-state index contributed by atoms with van der Waals surface area (Å²) >= 11 is 0. The van der Waals surface area contributed by atoms with Crippen molar-refractivity contribution in [3.05, 3.63) is 29.5 Å². The Hall–Kier alpha value is -2.10. The van der Waals surface area contributed by atoms with Gasteiger partial charge in [-0.05, 0) is 32.0 Å². The van der Waals surface area contributed by atoms with Crippen molar-refractivity contribution in [2.75, 3.05) is 14.2 Å². The highest BCUT2D eigenvalue weighted by Gasteiger charge is 2.16. The Kier molecular flexibility index (Phi) is 3.19. The number of aromatic nitrogens is 1. The molecule has 0 aliphatic rings. The highest BCUT2D eigenvalue weighted by Crippen LogP contribution is 2.34. The van der Waals surface area contributed by atoms with Crippen LogP contribution in [0, 0.1) is 6.92 Å². The van der Waals surface area contributed by atoms with Crippen molar-refractivity contribution in [2.45, 2.75) is 13.8 Å². The average Bonchev–Trinajstić information content (AvgIpc) is 2.36. The van der Waals surface area contributed by atoms with E-state index in [4.69, 9.17) is 9.47 Å². The molecule has 0 atom stereocenters. The molecule has 2 aromatic rings. The predicted octanol–water partition coefficient (Wildman–Crippen LogP) is 2.76. The number of carbonyl (C=O) groups is 1. The van der Waals surface area contributed by atoms with Crippen molar-refractivity contribution in [1.82, 2.24) is 4.98 Å². The molecule has 0 amide bonds. The molecule has 0 radical (unpaired) electrons. The summed E-state index contributed by atoms with van der Waals surface area (Å²) in [6.07, 6.45) is 0. The predicted molar refractivity (Wildman–Crippen MR) is 69.6 cm³/mol. The van der Waals surface area contributed by atoms with Gasteiger partial charge in [-0.1, -0.05) is 0 Å². The maximum atomic E-state index is 11.8. The fraction of sp³-hybridized carbons (Fsp3) is 0.286. The SMILES string of the molecule is COc1ccc(OC)c2c(C(C)=O)cc(C)nc12. The lowest BCUT2D eigenvalue weighted by Gasteiger charge is -2.12. The smallest absolute Gasteiger partial charge is 0.160 e. The number of aryl methyl sites for hydroxylation is 1. The Bertz CT molecular complexity index is 620. The molecule has 4 heteroatoms. The van der Waals surface area contributed by atoms with Gasteiger partial charge in [0.05, 0.1) is 19.6 Å². The second kappa shape index (κ2) is 4.64. The summed E-state index contributed by atoms with van der Waals surface area (Å²) in [7, 11) is 3.16. The van der Waals surface area contributed by atoms with Gasteiger partial charge in [-0.25, -0.2) is 4.98 Å². The number of ether oxygens (including phenoxy) is 2. The van der Waals surface area contributed by atoms with E-state index in [0.717, 1.165) is 5.69 Å². The number of pyridine rings is 1. The second-order valence-electron chi connectivity index (χ2n) is 4.06. The molecule has 0 spiro atoms. The second-order valence-corrected chi connectivity index (χ2v) is 4.06. The summed E-state index contributed by atoms with van der Waals surface area (Å²) in [4.78, 5) is 16.2. The van der Waals surface area contributed by atoms with Gasteiger partial charge in [0.25, 0.3) is 0 Å². The normalized spacial score (nSPS) is 10.4. The van der Waals surface area contributed by atoms with E-state index in [2.05, 4.69) is 4.98 Å². The van der Waals surface area contributed by atoms with Gasteiger partial charge in [0.1, 0.15) is 17.0 Å². The molecule has 0 unspecified atom stereocenters. The largest absolute Gasteiger partial charge is 0.496 e. The molecule has 0 saturated heterocycles. The molecule has 1 heterocycles. The van der Waals surface area contributed by atoms with Crippen molar-refractivity contribution in [3.63, 3.8) is 0 Å². The molecule has 4 nitrogen and oxygen atoms in total. The zero-order chi connectivity index (χ0) is 13.3. The highest BCUT2D eigenvalue weighted by molar-refractivity contribution is 6.09. The van der Waals surface area contributed by atoms with E-state index in [-0.39, 0.29) is 5.78 Å². The van der Waals surface area contributed by atoms with Crippen LogP contribution in [-0.2, 0) is 0 Å². The molecule has 0 bridgehead atoms. The number of hydrogen-bond donors (Lipinski definition) is 0. The molecule has 18 heavy (non-hydrogen) atoms. The van der Waals surface area contributed by atoms with Crippen molar-refractivity contribution >= 4 is 16.7 Å². The molecule has 1 aromatic carbocycles. The number of methoxy groups -OCH3 is 2. The van der Waals surface area contributed by atoms with Crippen LogP contribution < -0.4 is 9.47 Å². The van der Waals surface area contributed by atoms with Gasteiger partial charge in [-0.3, -0.25) is 4.79 Å². The molecule has 1 aromatic heterocycles. The Morgan fingerprint density at radius 1 is 1.17 bits per heavy atom. The lowest BCUT2D eigenvalue weighted by atomic mass is 10.0. The van der Waals surface area contributed by atoms with Gasteiger partial charge in [0.15, 0.2) is 5.78 Å². The van der Waals surface area contributed by atoms with E-state index in [1.807, 2.05) is 6.92 Å². The monoisotopic (exact) mass is 245 g/mol. The van der Waals surface area contributed by atoms with Crippen LogP contribution in [0.1, 0.15) is 23.0 Å². The Morgan fingerprint density at radius 2 is 1.78 bits per heavy atom. The summed E-state index contributed by atoms with van der Waals surface area (Å²) in [6, 6.07) is 5.34. The fourth-order valence-corrected chi connectivity index (χ4v) is 2.03. The zero-order valence-electron chi connectivity index (χ0n) is 10.9. The van der Waals surface area contributed by atoms with Crippen molar-refractivity contribution in [3.8, 4) is 11.5 Å². The van der Waals surface area contributed by atoms with Crippen LogP contribution in [0.5, 0.6) is 11.5 Å². The third kappa shape index (κ3) is 1.90. The Morgan fingerprint density at radius 3 is 2.33 bits per heavy atom. The van der Waals surface area contributed by atoms with E-state index < -0.39 is 0 Å². The lowest BCUT2D eigenvalue weighted by Crippen LogP contribution is -2.01. The van der Waals surface area contributed by atoms with Gasteiger partial charge < -0.3 is 9.47 Å². The standard InChI is InChI=1S/C14H15NO3/c1-8-7-10(9(2)16)13-11(17-3)5-6-12(18-4)14(13)15-8/h5-7H,1-4H3. The van der Waals surface area contributed by atoms with Crippen LogP contribution >= 0.6 is 0 Å².